The Labute approximate surface area is 211 Å². The van der Waals surface area contributed by atoms with E-state index >= 15 is 0 Å². The third-order valence-electron chi connectivity index (χ3n) is 7.31. The molecular weight excluding hydrogens is 452 g/mol. The number of imidazole rings is 1. The number of hydrogen-bond acceptors (Lipinski definition) is 4. The molecule has 2 aromatic carbocycles. The Hall–Kier alpha value is -3.12. The fourth-order valence-corrected chi connectivity index (χ4v) is 5.88. The van der Waals surface area contributed by atoms with Crippen molar-refractivity contribution in [1.29, 1.82) is 0 Å². The van der Waals surface area contributed by atoms with Gasteiger partial charge in [-0.05, 0) is 47.6 Å². The van der Waals surface area contributed by atoms with Crippen LogP contribution in [0.25, 0.3) is 11.0 Å². The van der Waals surface area contributed by atoms with Gasteiger partial charge in [0.15, 0.2) is 5.16 Å². The fourth-order valence-electron chi connectivity index (χ4n) is 4.91. The molecule has 1 N–H and O–H groups in total. The van der Waals surface area contributed by atoms with E-state index < -0.39 is 0 Å². The molecule has 1 saturated carbocycles. The van der Waals surface area contributed by atoms with Crippen LogP contribution in [0.15, 0.2) is 78.2 Å². The molecule has 1 aliphatic rings. The quantitative estimate of drug-likeness (QED) is 0.312. The Morgan fingerprint density at radius 3 is 2.63 bits per heavy atom. The topological polar surface area (TPSA) is 59.8 Å². The average Bonchev–Trinajstić information content (AvgIpc) is 3.23. The van der Waals surface area contributed by atoms with Gasteiger partial charge in [0.1, 0.15) is 0 Å². The van der Waals surface area contributed by atoms with Gasteiger partial charge in [0.05, 0.1) is 23.8 Å². The number of pyridine rings is 1. The molecular formula is C29H32N4OS. The maximum Gasteiger partial charge on any atom is 0.251 e. The van der Waals surface area contributed by atoms with Crippen LogP contribution in [0.2, 0.25) is 0 Å². The van der Waals surface area contributed by atoms with Crippen molar-refractivity contribution in [3.8, 4) is 0 Å². The van der Waals surface area contributed by atoms with E-state index in [0.29, 0.717) is 11.8 Å². The van der Waals surface area contributed by atoms with E-state index in [1.807, 2.05) is 30.5 Å². The molecule has 3 atom stereocenters. The van der Waals surface area contributed by atoms with Gasteiger partial charge in [0, 0.05) is 23.6 Å². The van der Waals surface area contributed by atoms with E-state index in [1.165, 1.54) is 24.0 Å². The number of rotatable bonds is 7. The highest BCUT2D eigenvalue weighted by molar-refractivity contribution is 7.98. The summed E-state index contributed by atoms with van der Waals surface area (Å²) in [6, 6.07) is 20.7. The van der Waals surface area contributed by atoms with Crippen LogP contribution >= 0.6 is 11.8 Å². The first kappa shape index (κ1) is 23.6. The van der Waals surface area contributed by atoms with Crippen LogP contribution in [0.1, 0.15) is 54.6 Å². The molecule has 180 valence electrons. The predicted molar refractivity (Wildman–Crippen MR) is 143 cm³/mol. The second-order valence-corrected chi connectivity index (χ2v) is 10.6. The Kier molecular flexibility index (Phi) is 7.19. The number of fused-ring (bicyclic) bond motifs is 1. The molecule has 2 aromatic heterocycles. The van der Waals surface area contributed by atoms with Gasteiger partial charge >= 0.3 is 0 Å². The standard InChI is InChI=1S/C29H32N4OS/c1-20-7-6-10-25(21(20)2)31-28(34)24-13-11-23(12-14-24)19-35-29-32-26-15-16-30-17-27(26)33(29)18-22-8-4-3-5-9-22/h3-5,8-9,11-17,20-21,25H,6-7,10,18-19H2,1-2H3,(H,31,34). The molecule has 5 rings (SSSR count). The molecule has 4 aromatic rings. The lowest BCUT2D eigenvalue weighted by atomic mass is 9.78. The zero-order valence-corrected chi connectivity index (χ0v) is 21.2. The SMILES string of the molecule is CC1CCCC(NC(=O)c2ccc(CSc3nc4ccncc4n3Cc3ccccc3)cc2)C1C. The summed E-state index contributed by atoms with van der Waals surface area (Å²) in [6.07, 6.45) is 7.20. The number of aromatic nitrogens is 3. The Morgan fingerprint density at radius 2 is 1.83 bits per heavy atom. The monoisotopic (exact) mass is 484 g/mol. The molecule has 1 amide bonds. The van der Waals surface area contributed by atoms with Crippen LogP contribution in [0, 0.1) is 11.8 Å². The summed E-state index contributed by atoms with van der Waals surface area (Å²) in [7, 11) is 0. The van der Waals surface area contributed by atoms with Crippen LogP contribution < -0.4 is 5.32 Å². The fraction of sp³-hybridized carbons (Fsp3) is 0.345. The molecule has 0 aliphatic heterocycles. The molecule has 3 unspecified atom stereocenters. The zero-order valence-electron chi connectivity index (χ0n) is 20.4. The molecule has 0 bridgehead atoms. The minimum Gasteiger partial charge on any atom is -0.349 e. The molecule has 1 fully saturated rings. The summed E-state index contributed by atoms with van der Waals surface area (Å²) < 4.78 is 2.23. The molecule has 5 nitrogen and oxygen atoms in total. The number of carbonyl (C=O) groups is 1. The van der Waals surface area contributed by atoms with E-state index in [9.17, 15) is 4.79 Å². The number of carbonyl (C=O) groups excluding carboxylic acids is 1. The first-order chi connectivity index (χ1) is 17.1. The molecule has 0 saturated heterocycles. The summed E-state index contributed by atoms with van der Waals surface area (Å²) >= 11 is 1.71. The third kappa shape index (κ3) is 5.43. The Morgan fingerprint density at radius 1 is 1.03 bits per heavy atom. The van der Waals surface area contributed by atoms with Gasteiger partial charge in [-0.25, -0.2) is 4.98 Å². The number of nitrogens with one attached hydrogen (secondary N) is 1. The molecule has 1 aliphatic carbocycles. The average molecular weight is 485 g/mol. The van der Waals surface area contributed by atoms with E-state index in [0.717, 1.165) is 40.5 Å². The third-order valence-corrected chi connectivity index (χ3v) is 8.35. The van der Waals surface area contributed by atoms with E-state index in [2.05, 4.69) is 65.1 Å². The molecule has 0 radical (unpaired) electrons. The Bertz CT molecular complexity index is 1290. The van der Waals surface area contributed by atoms with Crippen LogP contribution in [-0.2, 0) is 12.3 Å². The summed E-state index contributed by atoms with van der Waals surface area (Å²) in [4.78, 5) is 22.0. The molecule has 6 heteroatoms. The summed E-state index contributed by atoms with van der Waals surface area (Å²) in [5.41, 5.74) is 5.12. The Balaban J connectivity index is 1.26. The normalized spacial score (nSPS) is 20.1. The van der Waals surface area contributed by atoms with Crippen LogP contribution in [0.3, 0.4) is 0 Å². The molecule has 35 heavy (non-hydrogen) atoms. The highest BCUT2D eigenvalue weighted by atomic mass is 32.2. The van der Waals surface area contributed by atoms with Gasteiger partial charge in [-0.15, -0.1) is 0 Å². The van der Waals surface area contributed by atoms with Gasteiger partial charge in [-0.2, -0.15) is 0 Å². The summed E-state index contributed by atoms with van der Waals surface area (Å²) in [5.74, 6) is 2.00. The number of benzene rings is 2. The highest BCUT2D eigenvalue weighted by Crippen LogP contribution is 2.30. The first-order valence-electron chi connectivity index (χ1n) is 12.5. The maximum atomic E-state index is 12.8. The maximum absolute atomic E-state index is 12.8. The number of hydrogen-bond donors (Lipinski definition) is 1. The van der Waals surface area contributed by atoms with Crippen LogP contribution in [0.5, 0.6) is 0 Å². The van der Waals surface area contributed by atoms with Crippen molar-refractivity contribution >= 4 is 28.7 Å². The van der Waals surface area contributed by atoms with E-state index in [4.69, 9.17) is 4.98 Å². The van der Waals surface area contributed by atoms with E-state index in [1.54, 1.807) is 18.0 Å². The minimum absolute atomic E-state index is 0.0345. The lowest BCUT2D eigenvalue weighted by Gasteiger charge is -2.34. The predicted octanol–water partition coefficient (Wildman–Crippen LogP) is 6.33. The number of thioether (sulfide) groups is 1. The van der Waals surface area contributed by atoms with Crippen molar-refractivity contribution in [2.45, 2.75) is 56.6 Å². The minimum atomic E-state index is 0.0345. The lowest BCUT2D eigenvalue weighted by molar-refractivity contribution is 0.0891. The van der Waals surface area contributed by atoms with Gasteiger partial charge < -0.3 is 9.88 Å². The van der Waals surface area contributed by atoms with Gasteiger partial charge in [0.2, 0.25) is 0 Å². The number of amides is 1. The van der Waals surface area contributed by atoms with Crippen molar-refractivity contribution in [2.24, 2.45) is 11.8 Å². The van der Waals surface area contributed by atoms with Gasteiger partial charge in [0.25, 0.3) is 5.91 Å². The summed E-state index contributed by atoms with van der Waals surface area (Å²) in [5, 5.41) is 4.25. The first-order valence-corrected chi connectivity index (χ1v) is 13.4. The smallest absolute Gasteiger partial charge is 0.251 e. The largest absolute Gasteiger partial charge is 0.349 e. The zero-order chi connectivity index (χ0) is 24.2. The van der Waals surface area contributed by atoms with Crippen molar-refractivity contribution in [1.82, 2.24) is 19.9 Å². The van der Waals surface area contributed by atoms with Crippen LogP contribution in [0.4, 0.5) is 0 Å². The second kappa shape index (κ2) is 10.6. The van der Waals surface area contributed by atoms with Crippen molar-refractivity contribution in [3.63, 3.8) is 0 Å². The highest BCUT2D eigenvalue weighted by Gasteiger charge is 2.28. The lowest BCUT2D eigenvalue weighted by Crippen LogP contribution is -2.43. The molecule has 0 spiro atoms. The van der Waals surface area contributed by atoms with Crippen molar-refractivity contribution < 1.29 is 4.79 Å². The van der Waals surface area contributed by atoms with Crippen molar-refractivity contribution in [2.75, 3.05) is 0 Å². The van der Waals surface area contributed by atoms with Gasteiger partial charge in [-0.1, -0.05) is 80.9 Å². The van der Waals surface area contributed by atoms with Crippen molar-refractivity contribution in [3.05, 3.63) is 89.7 Å². The van der Waals surface area contributed by atoms with Gasteiger partial charge in [-0.3, -0.25) is 9.78 Å². The van der Waals surface area contributed by atoms with Crippen LogP contribution in [-0.4, -0.2) is 26.5 Å². The summed E-state index contributed by atoms with van der Waals surface area (Å²) in [6.45, 7) is 5.30. The van der Waals surface area contributed by atoms with E-state index in [-0.39, 0.29) is 11.9 Å². The second-order valence-electron chi connectivity index (χ2n) is 9.66. The number of nitrogens with zero attached hydrogens (tertiary/aromatic N) is 3. The molecule has 2 heterocycles.